The predicted octanol–water partition coefficient (Wildman–Crippen LogP) is 6.66. The van der Waals surface area contributed by atoms with Crippen LogP contribution in [0.3, 0.4) is 0 Å². The smallest absolute Gasteiger partial charge is 0.303 e. The number of pyridine rings is 2. The summed E-state index contributed by atoms with van der Waals surface area (Å²) in [5.74, 6) is -0.209. The Kier molecular flexibility index (Phi) is 9.33. The Bertz CT molecular complexity index is 1190. The van der Waals surface area contributed by atoms with Crippen LogP contribution in [0.4, 0.5) is 4.39 Å². The van der Waals surface area contributed by atoms with E-state index in [4.69, 9.17) is 16.3 Å². The molecule has 0 amide bonds. The average molecular weight is 528 g/mol. The van der Waals surface area contributed by atoms with Gasteiger partial charge in [0.25, 0.3) is 0 Å². The van der Waals surface area contributed by atoms with Crippen molar-refractivity contribution in [1.29, 1.82) is 0 Å². The highest BCUT2D eigenvalue weighted by atomic mass is 35.5. The van der Waals surface area contributed by atoms with Crippen molar-refractivity contribution < 1.29 is 19.0 Å². The first-order valence-electron chi connectivity index (χ1n) is 13.0. The molecule has 0 aliphatic carbocycles. The van der Waals surface area contributed by atoms with Crippen LogP contribution >= 0.6 is 11.6 Å². The molecule has 0 spiro atoms. The van der Waals surface area contributed by atoms with Crippen molar-refractivity contribution in [3.05, 3.63) is 65.1 Å². The lowest BCUT2D eigenvalue weighted by Crippen LogP contribution is -2.41. The molecule has 8 heteroatoms. The summed E-state index contributed by atoms with van der Waals surface area (Å²) in [6.45, 7) is 2.69. The molecule has 2 aromatic heterocycles. The molecule has 4 rings (SSSR count). The van der Waals surface area contributed by atoms with E-state index in [-0.39, 0.29) is 17.9 Å². The number of hydrogen-bond donors (Lipinski definition) is 1. The number of fused-ring (bicyclic) bond motifs is 1. The summed E-state index contributed by atoms with van der Waals surface area (Å²) < 4.78 is 21.0. The van der Waals surface area contributed by atoms with Crippen LogP contribution in [0.5, 0.6) is 5.75 Å². The Balaban J connectivity index is 1.35. The number of nitrogens with zero attached hydrogens (tertiary/aromatic N) is 3. The topological polar surface area (TPSA) is 75.6 Å². The van der Waals surface area contributed by atoms with Gasteiger partial charge in [-0.25, -0.2) is 4.39 Å². The molecule has 1 atom stereocenters. The third-order valence-electron chi connectivity index (χ3n) is 7.69. The number of aryl methyl sites for hydroxylation is 1. The van der Waals surface area contributed by atoms with Crippen LogP contribution in [-0.2, 0) is 11.2 Å². The van der Waals surface area contributed by atoms with Crippen LogP contribution < -0.4 is 4.74 Å². The number of hydrogen-bond acceptors (Lipinski definition) is 5. The second-order valence-corrected chi connectivity index (χ2v) is 10.5. The maximum atomic E-state index is 15.7. The number of benzene rings is 1. The minimum atomic E-state index is -1.32. The van der Waals surface area contributed by atoms with Gasteiger partial charge in [0.1, 0.15) is 11.9 Å². The summed E-state index contributed by atoms with van der Waals surface area (Å²) in [6, 6.07) is 9.44. The van der Waals surface area contributed by atoms with Gasteiger partial charge in [-0.05, 0) is 106 Å². The van der Waals surface area contributed by atoms with Crippen molar-refractivity contribution in [3.63, 3.8) is 0 Å². The lowest BCUT2D eigenvalue weighted by atomic mass is 9.71. The first-order valence-corrected chi connectivity index (χ1v) is 13.4. The molecule has 1 aromatic carbocycles. The molecular formula is C29H35ClFN3O3. The van der Waals surface area contributed by atoms with Crippen molar-refractivity contribution in [1.82, 2.24) is 14.9 Å². The number of ether oxygens (including phenoxy) is 1. The van der Waals surface area contributed by atoms with Crippen molar-refractivity contribution in [2.24, 2.45) is 5.41 Å². The molecule has 3 aromatic rings. The first kappa shape index (κ1) is 27.3. The molecule has 1 fully saturated rings. The Morgan fingerprint density at radius 3 is 2.68 bits per heavy atom. The van der Waals surface area contributed by atoms with Crippen molar-refractivity contribution in [2.45, 2.75) is 57.5 Å². The molecule has 0 radical (unpaired) electrons. The molecule has 1 aliphatic rings. The van der Waals surface area contributed by atoms with Gasteiger partial charge < -0.3 is 14.7 Å². The molecule has 0 unspecified atom stereocenters. The minimum absolute atomic E-state index is 0.0637. The summed E-state index contributed by atoms with van der Waals surface area (Å²) in [6.07, 6.45) is 9.36. The highest BCUT2D eigenvalue weighted by Gasteiger charge is 2.37. The quantitative estimate of drug-likeness (QED) is 0.265. The number of aliphatic carboxylic acids is 1. The summed E-state index contributed by atoms with van der Waals surface area (Å²) in [7, 11) is 1.56. The van der Waals surface area contributed by atoms with E-state index in [2.05, 4.69) is 27.0 Å². The second kappa shape index (κ2) is 12.7. The van der Waals surface area contributed by atoms with Gasteiger partial charge in [-0.3, -0.25) is 14.8 Å². The third kappa shape index (κ3) is 7.17. The number of rotatable bonds is 12. The van der Waals surface area contributed by atoms with Gasteiger partial charge in [0, 0.05) is 29.5 Å². The maximum Gasteiger partial charge on any atom is 0.303 e. The predicted molar refractivity (Wildman–Crippen MR) is 144 cm³/mol. The molecule has 37 heavy (non-hydrogen) atoms. The summed E-state index contributed by atoms with van der Waals surface area (Å²) in [5.41, 5.74) is 1.95. The lowest BCUT2D eigenvalue weighted by molar-refractivity contribution is -0.141. The van der Waals surface area contributed by atoms with Gasteiger partial charge in [-0.2, -0.15) is 0 Å². The zero-order valence-corrected chi connectivity index (χ0v) is 22.1. The third-order valence-corrected chi connectivity index (χ3v) is 7.99. The van der Waals surface area contributed by atoms with E-state index in [1.807, 2.05) is 12.4 Å². The highest BCUT2D eigenvalue weighted by molar-refractivity contribution is 6.32. The van der Waals surface area contributed by atoms with E-state index in [0.717, 1.165) is 51.7 Å². The number of carboxylic acid groups (broad SMARTS) is 1. The van der Waals surface area contributed by atoms with Crippen LogP contribution in [0.2, 0.25) is 5.02 Å². The largest absolute Gasteiger partial charge is 0.497 e. The number of methoxy groups -OCH3 is 1. The van der Waals surface area contributed by atoms with Crippen molar-refractivity contribution >= 4 is 28.5 Å². The zero-order valence-electron chi connectivity index (χ0n) is 21.3. The zero-order chi connectivity index (χ0) is 26.3. The van der Waals surface area contributed by atoms with E-state index in [1.165, 1.54) is 11.8 Å². The number of halogens is 2. The van der Waals surface area contributed by atoms with Gasteiger partial charge in [0.05, 0.1) is 24.1 Å². The van der Waals surface area contributed by atoms with E-state index >= 15 is 4.39 Å². The van der Waals surface area contributed by atoms with E-state index in [9.17, 15) is 9.90 Å². The van der Waals surface area contributed by atoms with Gasteiger partial charge in [0.2, 0.25) is 0 Å². The monoisotopic (exact) mass is 527 g/mol. The average Bonchev–Trinajstić information content (AvgIpc) is 2.90. The fourth-order valence-corrected chi connectivity index (χ4v) is 5.76. The van der Waals surface area contributed by atoms with Gasteiger partial charge >= 0.3 is 5.97 Å². The minimum Gasteiger partial charge on any atom is -0.497 e. The summed E-state index contributed by atoms with van der Waals surface area (Å²) >= 11 is 6.41. The van der Waals surface area contributed by atoms with E-state index in [0.29, 0.717) is 28.6 Å². The SMILES string of the molecule is COc1ccc2ncc(Cl)c([C@H](F)CCC3(CC(=O)O)CCN(CCCCc4ccncc4)CC3)c2c1. The maximum absolute atomic E-state index is 15.7. The van der Waals surface area contributed by atoms with Crippen LogP contribution in [0, 0.1) is 5.41 Å². The Morgan fingerprint density at radius 1 is 1.22 bits per heavy atom. The Morgan fingerprint density at radius 2 is 1.97 bits per heavy atom. The van der Waals surface area contributed by atoms with Gasteiger partial charge in [0.15, 0.2) is 0 Å². The highest BCUT2D eigenvalue weighted by Crippen LogP contribution is 2.44. The van der Waals surface area contributed by atoms with Crippen LogP contribution in [-0.4, -0.2) is 52.7 Å². The van der Waals surface area contributed by atoms with Crippen molar-refractivity contribution in [2.75, 3.05) is 26.7 Å². The molecule has 1 N–H and O–H groups in total. The summed E-state index contributed by atoms with van der Waals surface area (Å²) in [5, 5.41) is 10.6. The second-order valence-electron chi connectivity index (χ2n) is 10.1. The fraction of sp³-hybridized carbons (Fsp3) is 0.483. The number of carboxylic acids is 1. The molecule has 1 saturated heterocycles. The normalized spacial score (nSPS) is 16.5. The molecule has 0 saturated carbocycles. The molecule has 1 aliphatic heterocycles. The summed E-state index contributed by atoms with van der Waals surface area (Å²) in [4.78, 5) is 22.6. The number of piperidine rings is 1. The lowest BCUT2D eigenvalue weighted by Gasteiger charge is -2.41. The van der Waals surface area contributed by atoms with Gasteiger partial charge in [-0.1, -0.05) is 11.6 Å². The van der Waals surface area contributed by atoms with Crippen LogP contribution in [0.1, 0.15) is 62.2 Å². The van der Waals surface area contributed by atoms with Gasteiger partial charge in [-0.15, -0.1) is 0 Å². The number of carbonyl (C=O) groups is 1. The molecule has 3 heterocycles. The molecule has 0 bridgehead atoms. The molecular weight excluding hydrogens is 493 g/mol. The number of unbranched alkanes of at least 4 members (excludes halogenated alkanes) is 1. The van der Waals surface area contributed by atoms with Crippen LogP contribution in [0.25, 0.3) is 10.9 Å². The van der Waals surface area contributed by atoms with E-state index < -0.39 is 17.6 Å². The number of aromatic nitrogens is 2. The van der Waals surface area contributed by atoms with E-state index in [1.54, 1.807) is 25.3 Å². The Hall–Kier alpha value is -2.77. The fourth-order valence-electron chi connectivity index (χ4n) is 5.49. The molecule has 6 nitrogen and oxygen atoms in total. The van der Waals surface area contributed by atoms with Crippen molar-refractivity contribution in [3.8, 4) is 5.75 Å². The number of likely N-dealkylation sites (tertiary alicyclic amines) is 1. The number of alkyl halides is 1. The first-order chi connectivity index (χ1) is 17.9. The van der Waals surface area contributed by atoms with Crippen LogP contribution in [0.15, 0.2) is 48.9 Å². The Labute approximate surface area is 222 Å². The standard InChI is InChI=1S/C29H35ClFN3O3/c1-37-22-5-6-26-23(18-22)28(24(30)20-33-26)25(31)7-10-29(19-27(35)36)11-16-34(17-12-29)15-3-2-4-21-8-13-32-14-9-21/h5-6,8-9,13-14,18,20,25H,2-4,7,10-12,15-17,19H2,1H3,(H,35,36)/t25-/m1/s1. The molecule has 198 valence electrons.